The van der Waals surface area contributed by atoms with Gasteiger partial charge in [0.2, 0.25) is 0 Å². The van der Waals surface area contributed by atoms with Crippen molar-refractivity contribution in [2.75, 3.05) is 0 Å². The molecule has 0 aromatic heterocycles. The monoisotopic (exact) mass is 724 g/mol. The molecule has 57 heavy (non-hydrogen) atoms. The van der Waals surface area contributed by atoms with Crippen LogP contribution in [0.25, 0.3) is 104 Å². The van der Waals surface area contributed by atoms with Crippen LogP contribution < -0.4 is 0 Å². The summed E-state index contributed by atoms with van der Waals surface area (Å²) in [7, 11) is 0. The lowest BCUT2D eigenvalue weighted by Gasteiger charge is -2.25. The minimum atomic E-state index is -0.137. The largest absolute Gasteiger partial charge is 0.0836 e. The number of hydrogen-bond donors (Lipinski definition) is 0. The standard InChI is InChI=1S/C57H40/c1-57(2)53-34-38-17-6-5-16-37(38)33-52(53)50-27-12-24-42(56(50)57)39-18-11-19-41(31-39)54-46-20-7-9-22-48(46)55(49-23-10-8-21-47(49)54)45-26-13-25-43-44(45)29-28-40-30-35-14-3-4-15-36(35)32-51(40)43/h4-13,15-34H,3,14H2,1-2H3. The van der Waals surface area contributed by atoms with E-state index in [9.17, 15) is 0 Å². The molecule has 0 heteroatoms. The van der Waals surface area contributed by atoms with Gasteiger partial charge in [0.05, 0.1) is 0 Å². The Balaban J connectivity index is 1.07. The predicted molar refractivity (Wildman–Crippen MR) is 245 cm³/mol. The van der Waals surface area contributed by atoms with E-state index in [4.69, 9.17) is 0 Å². The van der Waals surface area contributed by atoms with Gasteiger partial charge in [-0.2, -0.15) is 0 Å². The zero-order valence-corrected chi connectivity index (χ0v) is 32.2. The second-order valence-electron chi connectivity index (χ2n) is 16.7. The first-order valence-electron chi connectivity index (χ1n) is 20.4. The van der Waals surface area contributed by atoms with Gasteiger partial charge in [0.1, 0.15) is 0 Å². The average molecular weight is 725 g/mol. The van der Waals surface area contributed by atoms with Gasteiger partial charge in [-0.1, -0.05) is 172 Å². The number of rotatable bonds is 3. The second kappa shape index (κ2) is 12.1. The summed E-state index contributed by atoms with van der Waals surface area (Å²) in [6.45, 7) is 4.81. The van der Waals surface area contributed by atoms with Gasteiger partial charge in [0.25, 0.3) is 0 Å². The third-order valence-electron chi connectivity index (χ3n) is 13.2. The first-order chi connectivity index (χ1) is 28.0. The van der Waals surface area contributed by atoms with Crippen LogP contribution in [0.1, 0.15) is 42.5 Å². The fourth-order valence-electron chi connectivity index (χ4n) is 10.6. The third-order valence-corrected chi connectivity index (χ3v) is 13.2. The van der Waals surface area contributed by atoms with E-state index in [1.807, 2.05) is 0 Å². The molecule has 0 saturated carbocycles. The van der Waals surface area contributed by atoms with Gasteiger partial charge in [-0.15, -0.1) is 0 Å². The highest BCUT2D eigenvalue weighted by Crippen LogP contribution is 2.54. The van der Waals surface area contributed by atoms with Gasteiger partial charge >= 0.3 is 0 Å². The zero-order valence-electron chi connectivity index (χ0n) is 32.2. The molecule has 0 N–H and O–H groups in total. The normalized spacial score (nSPS) is 14.1. The van der Waals surface area contributed by atoms with Crippen molar-refractivity contribution in [2.45, 2.75) is 32.1 Å². The minimum Gasteiger partial charge on any atom is -0.0836 e. The van der Waals surface area contributed by atoms with Crippen LogP contribution in [-0.4, -0.2) is 0 Å². The van der Waals surface area contributed by atoms with Gasteiger partial charge in [0, 0.05) is 5.41 Å². The summed E-state index contributed by atoms with van der Waals surface area (Å²) in [5.74, 6) is 0. The molecule has 0 aliphatic heterocycles. The number of aryl methyl sites for hydroxylation is 1. The Morgan fingerprint density at radius 2 is 1.04 bits per heavy atom. The molecule has 10 aromatic rings. The van der Waals surface area contributed by atoms with Crippen molar-refractivity contribution in [3.63, 3.8) is 0 Å². The Labute approximate surface area is 333 Å². The van der Waals surface area contributed by atoms with E-state index < -0.39 is 0 Å². The van der Waals surface area contributed by atoms with E-state index in [1.54, 1.807) is 0 Å². The SMILES string of the molecule is CC1(C)c2cc3ccccc3cc2-c2cccc(-c3cccc(-c4c5ccccc5c(-c5cccc6c5ccc5cc7c(cc56)C=CCC7)c5ccccc45)c3)c21. The molecule has 10 aromatic carbocycles. The minimum absolute atomic E-state index is 0.137. The van der Waals surface area contributed by atoms with Crippen LogP contribution in [0.4, 0.5) is 0 Å². The maximum Gasteiger partial charge on any atom is 0.0165 e. The van der Waals surface area contributed by atoms with E-state index in [1.165, 1.54) is 121 Å². The molecule has 0 amide bonds. The maximum atomic E-state index is 2.44. The molecule has 0 bridgehead atoms. The van der Waals surface area contributed by atoms with Crippen LogP contribution in [0, 0.1) is 0 Å². The van der Waals surface area contributed by atoms with Crippen LogP contribution in [0.15, 0.2) is 176 Å². The van der Waals surface area contributed by atoms with Crippen LogP contribution in [0.3, 0.4) is 0 Å². The highest BCUT2D eigenvalue weighted by molar-refractivity contribution is 6.25. The zero-order chi connectivity index (χ0) is 37.8. The molecule has 0 nitrogen and oxygen atoms in total. The molecule has 2 aliphatic carbocycles. The summed E-state index contributed by atoms with van der Waals surface area (Å²) < 4.78 is 0. The summed E-state index contributed by atoms with van der Waals surface area (Å²) in [5, 5.41) is 13.0. The molecule has 0 saturated heterocycles. The van der Waals surface area contributed by atoms with E-state index >= 15 is 0 Å². The van der Waals surface area contributed by atoms with Crippen molar-refractivity contribution in [2.24, 2.45) is 0 Å². The number of benzene rings is 10. The molecule has 2 aliphatic rings. The molecule has 0 atom stereocenters. The van der Waals surface area contributed by atoms with Crippen LogP contribution >= 0.6 is 0 Å². The Hall–Kier alpha value is -6.76. The molecule has 0 unspecified atom stereocenters. The molecule has 0 heterocycles. The lowest BCUT2D eigenvalue weighted by molar-refractivity contribution is 0.663. The first kappa shape index (κ1) is 32.5. The topological polar surface area (TPSA) is 0 Å². The fraction of sp³-hybridized carbons (Fsp3) is 0.0877. The Bertz CT molecular complexity index is 3310. The van der Waals surface area contributed by atoms with Crippen molar-refractivity contribution in [1.29, 1.82) is 0 Å². The predicted octanol–water partition coefficient (Wildman–Crippen LogP) is 15.7. The Morgan fingerprint density at radius 1 is 0.404 bits per heavy atom. The smallest absolute Gasteiger partial charge is 0.0165 e. The molecule has 268 valence electrons. The number of hydrogen-bond acceptors (Lipinski definition) is 0. The molecular formula is C57H40. The summed E-state index contributed by atoms with van der Waals surface area (Å²) >= 11 is 0. The van der Waals surface area contributed by atoms with E-state index in [2.05, 4.69) is 196 Å². The lowest BCUT2D eigenvalue weighted by atomic mass is 9.78. The highest BCUT2D eigenvalue weighted by atomic mass is 14.4. The molecule has 12 rings (SSSR count). The quantitative estimate of drug-likeness (QED) is 0.126. The van der Waals surface area contributed by atoms with Crippen LogP contribution in [-0.2, 0) is 11.8 Å². The third kappa shape index (κ3) is 4.74. The molecular weight excluding hydrogens is 685 g/mol. The van der Waals surface area contributed by atoms with Crippen molar-refractivity contribution < 1.29 is 0 Å². The van der Waals surface area contributed by atoms with Crippen molar-refractivity contribution in [3.05, 3.63) is 198 Å². The summed E-state index contributed by atoms with van der Waals surface area (Å²) in [6.07, 6.45) is 6.86. The van der Waals surface area contributed by atoms with E-state index in [0.29, 0.717) is 0 Å². The van der Waals surface area contributed by atoms with E-state index in [0.717, 1.165) is 12.8 Å². The summed E-state index contributed by atoms with van der Waals surface area (Å²) in [5.41, 5.74) is 15.9. The van der Waals surface area contributed by atoms with Crippen molar-refractivity contribution in [1.82, 2.24) is 0 Å². The summed E-state index contributed by atoms with van der Waals surface area (Å²) in [6, 6.07) is 64.4. The average Bonchev–Trinajstić information content (AvgIpc) is 3.48. The molecule has 0 fully saturated rings. The van der Waals surface area contributed by atoms with Gasteiger partial charge in [-0.3, -0.25) is 0 Å². The number of allylic oxidation sites excluding steroid dienone is 1. The van der Waals surface area contributed by atoms with Gasteiger partial charge < -0.3 is 0 Å². The summed E-state index contributed by atoms with van der Waals surface area (Å²) in [4.78, 5) is 0. The van der Waals surface area contributed by atoms with Crippen molar-refractivity contribution in [3.8, 4) is 44.5 Å². The van der Waals surface area contributed by atoms with Gasteiger partial charge in [-0.25, -0.2) is 0 Å². The Kier molecular flexibility index (Phi) is 6.91. The first-order valence-corrected chi connectivity index (χ1v) is 20.4. The molecule has 0 spiro atoms. The maximum absolute atomic E-state index is 2.44. The molecule has 0 radical (unpaired) electrons. The lowest BCUT2D eigenvalue weighted by Crippen LogP contribution is -2.16. The van der Waals surface area contributed by atoms with E-state index in [-0.39, 0.29) is 5.41 Å². The highest BCUT2D eigenvalue weighted by Gasteiger charge is 2.38. The fourth-order valence-corrected chi connectivity index (χ4v) is 10.6. The second-order valence-corrected chi connectivity index (χ2v) is 16.7. The van der Waals surface area contributed by atoms with Crippen LogP contribution in [0.5, 0.6) is 0 Å². The Morgan fingerprint density at radius 3 is 1.82 bits per heavy atom. The van der Waals surface area contributed by atoms with Gasteiger partial charge in [0.15, 0.2) is 0 Å². The van der Waals surface area contributed by atoms with Crippen LogP contribution in [0.2, 0.25) is 0 Å². The number of fused-ring (bicyclic) bond motifs is 10. The van der Waals surface area contributed by atoms with Crippen molar-refractivity contribution >= 4 is 59.9 Å². The van der Waals surface area contributed by atoms with Gasteiger partial charge in [-0.05, 0) is 158 Å².